The van der Waals surface area contributed by atoms with Crippen molar-refractivity contribution in [3.8, 4) is 5.92 Å². The van der Waals surface area contributed by atoms with Gasteiger partial charge in [0.15, 0.2) is 0 Å². The molecular formula is C16H21. The second-order valence-corrected chi connectivity index (χ2v) is 4.62. The standard InChI is InChI=1S/C16H21/c1-6-7-8-9-10-16-13(3)11-12(2)14(4)15(16)5/h11H,7-10H2,2-5H3. The number of aryl methyl sites for hydroxylation is 2. The van der Waals surface area contributed by atoms with E-state index in [0.717, 1.165) is 25.7 Å². The molecule has 0 heteroatoms. The fourth-order valence-corrected chi connectivity index (χ4v) is 2.24. The Bertz CT molecular complexity index is 405. The zero-order chi connectivity index (χ0) is 12.1. The fraction of sp³-hybridized carbons (Fsp3) is 0.500. The molecule has 0 aromatic heterocycles. The quantitative estimate of drug-likeness (QED) is 0.519. The molecular weight excluding hydrogens is 192 g/mol. The maximum Gasteiger partial charge on any atom is 0.00990 e. The van der Waals surface area contributed by atoms with Crippen LogP contribution in [0.25, 0.3) is 0 Å². The monoisotopic (exact) mass is 213 g/mol. The predicted octanol–water partition coefficient (Wildman–Crippen LogP) is 4.22. The topological polar surface area (TPSA) is 0 Å². The summed E-state index contributed by atoms with van der Waals surface area (Å²) in [6.07, 6.45) is 11.1. The number of hydrogen-bond donors (Lipinski definition) is 0. The molecule has 1 radical (unpaired) electrons. The second kappa shape index (κ2) is 5.75. The molecule has 0 spiro atoms. The first-order valence-corrected chi connectivity index (χ1v) is 6.03. The van der Waals surface area contributed by atoms with Crippen molar-refractivity contribution in [1.82, 2.24) is 0 Å². The van der Waals surface area contributed by atoms with Gasteiger partial charge in [-0.3, -0.25) is 0 Å². The summed E-state index contributed by atoms with van der Waals surface area (Å²) in [5.41, 5.74) is 7.20. The van der Waals surface area contributed by atoms with Gasteiger partial charge in [0.1, 0.15) is 0 Å². The van der Waals surface area contributed by atoms with Gasteiger partial charge in [-0.15, -0.1) is 0 Å². The fourth-order valence-electron chi connectivity index (χ4n) is 2.24. The number of unbranched alkanes of at least 4 members (excludes halogenated alkanes) is 2. The van der Waals surface area contributed by atoms with E-state index >= 15 is 0 Å². The lowest BCUT2D eigenvalue weighted by atomic mass is 9.91. The molecule has 0 saturated carbocycles. The van der Waals surface area contributed by atoms with Crippen molar-refractivity contribution in [3.63, 3.8) is 0 Å². The van der Waals surface area contributed by atoms with Gasteiger partial charge in [-0.1, -0.05) is 12.0 Å². The van der Waals surface area contributed by atoms with Crippen LogP contribution in [0.15, 0.2) is 6.07 Å². The highest BCUT2D eigenvalue weighted by atomic mass is 14.1. The van der Waals surface area contributed by atoms with Gasteiger partial charge in [-0.05, 0) is 81.2 Å². The van der Waals surface area contributed by atoms with Gasteiger partial charge >= 0.3 is 0 Å². The van der Waals surface area contributed by atoms with Crippen molar-refractivity contribution in [3.05, 3.63) is 40.3 Å². The molecule has 85 valence electrons. The minimum Gasteiger partial charge on any atom is -0.0891 e. The highest BCUT2D eigenvalue weighted by Crippen LogP contribution is 2.23. The van der Waals surface area contributed by atoms with Crippen LogP contribution in [0.2, 0.25) is 0 Å². The van der Waals surface area contributed by atoms with Gasteiger partial charge in [0, 0.05) is 6.42 Å². The van der Waals surface area contributed by atoms with Gasteiger partial charge in [0.2, 0.25) is 0 Å². The molecule has 16 heavy (non-hydrogen) atoms. The molecule has 1 rings (SSSR count). The average molecular weight is 213 g/mol. The van der Waals surface area contributed by atoms with Crippen LogP contribution in [0.4, 0.5) is 0 Å². The molecule has 0 saturated heterocycles. The molecule has 0 aliphatic carbocycles. The summed E-state index contributed by atoms with van der Waals surface area (Å²) < 4.78 is 0. The minimum absolute atomic E-state index is 0.795. The van der Waals surface area contributed by atoms with Gasteiger partial charge in [0.25, 0.3) is 0 Å². The first kappa shape index (κ1) is 12.8. The van der Waals surface area contributed by atoms with Crippen molar-refractivity contribution in [2.75, 3.05) is 0 Å². The Morgan fingerprint density at radius 2 is 1.69 bits per heavy atom. The molecule has 0 bridgehead atoms. The number of hydrogen-bond acceptors (Lipinski definition) is 0. The smallest absolute Gasteiger partial charge is 0.00990 e. The molecule has 0 fully saturated rings. The van der Waals surface area contributed by atoms with E-state index in [2.05, 4.69) is 39.7 Å². The predicted molar refractivity (Wildman–Crippen MR) is 70.1 cm³/mol. The lowest BCUT2D eigenvalue weighted by Gasteiger charge is -2.14. The third-order valence-electron chi connectivity index (χ3n) is 3.49. The summed E-state index contributed by atoms with van der Waals surface area (Å²) in [5.74, 6) is 2.45. The molecule has 1 aromatic rings. The van der Waals surface area contributed by atoms with Crippen LogP contribution >= 0.6 is 0 Å². The zero-order valence-electron chi connectivity index (χ0n) is 10.9. The van der Waals surface area contributed by atoms with Crippen LogP contribution in [0.5, 0.6) is 0 Å². The Labute approximate surface area is 100 Å². The van der Waals surface area contributed by atoms with E-state index in [0.29, 0.717) is 0 Å². The van der Waals surface area contributed by atoms with E-state index in [9.17, 15) is 0 Å². The van der Waals surface area contributed by atoms with Gasteiger partial charge in [-0.2, -0.15) is 0 Å². The maximum atomic E-state index is 6.88. The van der Waals surface area contributed by atoms with Crippen LogP contribution in [0.3, 0.4) is 0 Å². The highest BCUT2D eigenvalue weighted by Gasteiger charge is 2.07. The second-order valence-electron chi connectivity index (χ2n) is 4.62. The number of benzene rings is 1. The summed E-state index contributed by atoms with van der Waals surface area (Å²) in [5, 5.41) is 0. The lowest BCUT2D eigenvalue weighted by molar-refractivity contribution is 0.749. The van der Waals surface area contributed by atoms with Crippen LogP contribution in [-0.2, 0) is 6.42 Å². The highest BCUT2D eigenvalue weighted by molar-refractivity contribution is 5.43. The average Bonchev–Trinajstić information content (AvgIpc) is 2.25. The van der Waals surface area contributed by atoms with Crippen LogP contribution in [0.1, 0.15) is 47.1 Å². The molecule has 0 amide bonds. The normalized spacial score (nSPS) is 10.2. The van der Waals surface area contributed by atoms with Crippen LogP contribution in [0, 0.1) is 40.0 Å². The Morgan fingerprint density at radius 3 is 2.31 bits per heavy atom. The Hall–Kier alpha value is -1.22. The Balaban J connectivity index is 2.80. The SMILES string of the molecule is [C]#CCCCCc1c(C)cc(C)c(C)c1C. The summed E-state index contributed by atoms with van der Waals surface area (Å²) >= 11 is 0. The molecule has 0 N–H and O–H groups in total. The van der Waals surface area contributed by atoms with Gasteiger partial charge in [0.05, 0.1) is 0 Å². The summed E-state index contributed by atoms with van der Waals surface area (Å²) in [6, 6.07) is 2.29. The zero-order valence-corrected chi connectivity index (χ0v) is 10.9. The van der Waals surface area contributed by atoms with Crippen molar-refractivity contribution in [1.29, 1.82) is 0 Å². The first-order chi connectivity index (χ1) is 7.57. The lowest BCUT2D eigenvalue weighted by Crippen LogP contribution is -1.99. The number of rotatable bonds is 4. The first-order valence-electron chi connectivity index (χ1n) is 6.03. The van der Waals surface area contributed by atoms with Crippen LogP contribution < -0.4 is 0 Å². The van der Waals surface area contributed by atoms with Gasteiger partial charge < -0.3 is 0 Å². The largest absolute Gasteiger partial charge is 0.0891 e. The molecule has 1 aromatic carbocycles. The van der Waals surface area contributed by atoms with E-state index < -0.39 is 0 Å². The van der Waals surface area contributed by atoms with Crippen LogP contribution in [-0.4, -0.2) is 0 Å². The van der Waals surface area contributed by atoms with Crippen molar-refractivity contribution >= 4 is 0 Å². The Morgan fingerprint density at radius 1 is 1.00 bits per heavy atom. The minimum atomic E-state index is 0.795. The molecule has 0 heterocycles. The van der Waals surface area contributed by atoms with E-state index in [1.807, 2.05) is 0 Å². The summed E-state index contributed by atoms with van der Waals surface area (Å²) in [7, 11) is 0. The summed E-state index contributed by atoms with van der Waals surface area (Å²) in [4.78, 5) is 0. The molecule has 0 nitrogen and oxygen atoms in total. The van der Waals surface area contributed by atoms with Crippen molar-refractivity contribution in [2.45, 2.75) is 53.4 Å². The van der Waals surface area contributed by atoms with E-state index in [1.54, 1.807) is 0 Å². The van der Waals surface area contributed by atoms with E-state index in [1.165, 1.54) is 27.8 Å². The molecule has 0 aliphatic rings. The maximum absolute atomic E-state index is 6.88. The third kappa shape index (κ3) is 2.89. The van der Waals surface area contributed by atoms with Gasteiger partial charge in [-0.25, -0.2) is 0 Å². The Kier molecular flexibility index (Phi) is 4.62. The summed E-state index contributed by atoms with van der Waals surface area (Å²) in [6.45, 7) is 8.83. The molecule has 0 atom stereocenters. The van der Waals surface area contributed by atoms with E-state index in [4.69, 9.17) is 6.42 Å². The molecule has 0 aliphatic heterocycles. The molecule has 0 unspecified atom stereocenters. The van der Waals surface area contributed by atoms with E-state index in [-0.39, 0.29) is 0 Å². The van der Waals surface area contributed by atoms with Crippen molar-refractivity contribution in [2.24, 2.45) is 0 Å². The van der Waals surface area contributed by atoms with Crippen molar-refractivity contribution < 1.29 is 0 Å². The third-order valence-corrected chi connectivity index (χ3v) is 3.49.